The second kappa shape index (κ2) is 7.98. The number of nitrogens with two attached hydrogens (primary N) is 1. The molecule has 0 spiro atoms. The van der Waals surface area contributed by atoms with Crippen molar-refractivity contribution in [1.29, 1.82) is 5.26 Å². The molecule has 1 atom stereocenters. The molecular formula is C17H23ClFN5O. The van der Waals surface area contributed by atoms with Gasteiger partial charge in [-0.2, -0.15) is 5.26 Å². The number of aromatic nitrogens is 3. The van der Waals surface area contributed by atoms with Crippen LogP contribution in [0.15, 0.2) is 6.20 Å². The van der Waals surface area contributed by atoms with Crippen LogP contribution in [0.1, 0.15) is 57.2 Å². The fourth-order valence-corrected chi connectivity index (χ4v) is 2.83. The van der Waals surface area contributed by atoms with E-state index in [0.717, 1.165) is 13.2 Å². The van der Waals surface area contributed by atoms with Gasteiger partial charge in [0.15, 0.2) is 0 Å². The van der Waals surface area contributed by atoms with Gasteiger partial charge in [-0.15, -0.1) is 5.10 Å². The number of ether oxygens (including phenoxy) is 1. The summed E-state index contributed by atoms with van der Waals surface area (Å²) < 4.78 is 20.6. The van der Waals surface area contributed by atoms with E-state index in [1.807, 2.05) is 6.07 Å². The van der Waals surface area contributed by atoms with Crippen LogP contribution in [-0.4, -0.2) is 33.5 Å². The van der Waals surface area contributed by atoms with Crippen LogP contribution in [0.4, 0.5) is 10.3 Å². The van der Waals surface area contributed by atoms with E-state index in [1.54, 1.807) is 6.92 Å². The maximum Gasteiger partial charge on any atom is 0.238 e. The Bertz CT molecular complexity index is 762. The first-order chi connectivity index (χ1) is 11.8. The van der Waals surface area contributed by atoms with Crippen molar-refractivity contribution in [2.24, 2.45) is 0 Å². The Morgan fingerprint density at radius 1 is 1.40 bits per heavy atom. The maximum absolute atomic E-state index is 14.2. The molecule has 0 bridgehead atoms. The molecule has 1 aliphatic heterocycles. The van der Waals surface area contributed by atoms with Crippen molar-refractivity contribution >= 4 is 23.1 Å². The summed E-state index contributed by atoms with van der Waals surface area (Å²) in [5.74, 6) is -0.537. The molecule has 0 radical (unpaired) electrons. The predicted octanol–water partition coefficient (Wildman–Crippen LogP) is 3.88. The molecule has 3 heterocycles. The molecule has 136 valence electrons. The number of hydrogen-bond acceptors (Lipinski definition) is 5. The standard InChI is InChI=1S/C12H13ClFN5.C5H10O/c1-6(12(2,3)14)10-7(4-15)9(13)8-5-17-11(16)18-19(8)10;1-2-4-6-5-3-1/h5-6H,1-3H3,(H2,16,18);1-5H2. The molecule has 1 unspecified atom stereocenters. The number of hydrogen-bond donors (Lipinski definition) is 1. The fourth-order valence-electron chi connectivity index (χ4n) is 2.56. The van der Waals surface area contributed by atoms with Crippen molar-refractivity contribution in [3.8, 4) is 6.07 Å². The molecule has 0 amide bonds. The van der Waals surface area contributed by atoms with Gasteiger partial charge >= 0.3 is 0 Å². The highest BCUT2D eigenvalue weighted by molar-refractivity contribution is 6.35. The minimum Gasteiger partial charge on any atom is -0.381 e. The molecule has 25 heavy (non-hydrogen) atoms. The summed E-state index contributed by atoms with van der Waals surface area (Å²) >= 11 is 6.12. The van der Waals surface area contributed by atoms with E-state index in [4.69, 9.17) is 22.1 Å². The number of nitriles is 1. The number of anilines is 1. The van der Waals surface area contributed by atoms with Gasteiger partial charge in [-0.3, -0.25) is 0 Å². The Kier molecular flexibility index (Phi) is 6.20. The number of alkyl halides is 1. The molecule has 0 aliphatic carbocycles. The lowest BCUT2D eigenvalue weighted by atomic mass is 9.90. The van der Waals surface area contributed by atoms with Gasteiger partial charge in [-0.05, 0) is 33.1 Å². The van der Waals surface area contributed by atoms with Crippen LogP contribution in [0.5, 0.6) is 0 Å². The van der Waals surface area contributed by atoms with Crippen molar-refractivity contribution in [1.82, 2.24) is 14.6 Å². The highest BCUT2D eigenvalue weighted by atomic mass is 35.5. The topological polar surface area (TPSA) is 89.2 Å². The highest BCUT2D eigenvalue weighted by Gasteiger charge is 2.33. The average molecular weight is 368 g/mol. The van der Waals surface area contributed by atoms with Crippen LogP contribution < -0.4 is 5.73 Å². The first kappa shape index (κ1) is 19.4. The summed E-state index contributed by atoms with van der Waals surface area (Å²) in [4.78, 5) is 3.84. The van der Waals surface area contributed by atoms with Gasteiger partial charge < -0.3 is 10.5 Å². The lowest BCUT2D eigenvalue weighted by molar-refractivity contribution is 0.0968. The van der Waals surface area contributed by atoms with Crippen molar-refractivity contribution in [3.05, 3.63) is 22.5 Å². The largest absolute Gasteiger partial charge is 0.381 e. The Labute approximate surface area is 151 Å². The van der Waals surface area contributed by atoms with E-state index in [-0.39, 0.29) is 16.5 Å². The third-order valence-electron chi connectivity index (χ3n) is 4.31. The van der Waals surface area contributed by atoms with Gasteiger partial charge in [-0.1, -0.05) is 18.5 Å². The normalized spacial score (nSPS) is 16.0. The summed E-state index contributed by atoms with van der Waals surface area (Å²) in [7, 11) is 0. The Morgan fingerprint density at radius 3 is 2.48 bits per heavy atom. The molecule has 1 saturated heterocycles. The van der Waals surface area contributed by atoms with Gasteiger partial charge in [0.1, 0.15) is 17.3 Å². The molecule has 0 saturated carbocycles. The van der Waals surface area contributed by atoms with Gasteiger partial charge in [0, 0.05) is 19.1 Å². The van der Waals surface area contributed by atoms with Crippen LogP contribution in [0.25, 0.3) is 5.52 Å². The first-order valence-electron chi connectivity index (χ1n) is 8.26. The molecule has 2 aromatic heterocycles. The Morgan fingerprint density at radius 2 is 2.04 bits per heavy atom. The molecular weight excluding hydrogens is 345 g/mol. The smallest absolute Gasteiger partial charge is 0.238 e. The quantitative estimate of drug-likeness (QED) is 0.870. The first-order valence-corrected chi connectivity index (χ1v) is 8.64. The van der Waals surface area contributed by atoms with Crippen LogP contribution in [-0.2, 0) is 4.74 Å². The lowest BCUT2D eigenvalue weighted by Crippen LogP contribution is -2.23. The molecule has 8 heteroatoms. The van der Waals surface area contributed by atoms with Crippen molar-refractivity contribution in [2.75, 3.05) is 18.9 Å². The highest BCUT2D eigenvalue weighted by Crippen LogP contribution is 2.37. The van der Waals surface area contributed by atoms with Crippen LogP contribution in [0.3, 0.4) is 0 Å². The van der Waals surface area contributed by atoms with E-state index in [2.05, 4.69) is 10.1 Å². The summed E-state index contributed by atoms with van der Waals surface area (Å²) in [6.45, 7) is 6.56. The zero-order chi connectivity index (χ0) is 18.6. The van der Waals surface area contributed by atoms with Gasteiger partial charge in [0.2, 0.25) is 5.95 Å². The van der Waals surface area contributed by atoms with Gasteiger partial charge in [0.25, 0.3) is 0 Å². The van der Waals surface area contributed by atoms with E-state index in [0.29, 0.717) is 11.2 Å². The zero-order valence-electron chi connectivity index (χ0n) is 14.7. The van der Waals surface area contributed by atoms with E-state index in [9.17, 15) is 9.65 Å². The monoisotopic (exact) mass is 367 g/mol. The third kappa shape index (κ3) is 4.39. The average Bonchev–Trinajstić information content (AvgIpc) is 2.86. The van der Waals surface area contributed by atoms with Crippen LogP contribution in [0, 0.1) is 11.3 Å². The minimum absolute atomic E-state index is 0.0359. The van der Waals surface area contributed by atoms with Crippen LogP contribution >= 0.6 is 11.6 Å². The number of fused-ring (bicyclic) bond motifs is 1. The van der Waals surface area contributed by atoms with Gasteiger partial charge in [0.05, 0.1) is 22.5 Å². The zero-order valence-corrected chi connectivity index (χ0v) is 15.5. The van der Waals surface area contributed by atoms with E-state index >= 15 is 0 Å². The van der Waals surface area contributed by atoms with Gasteiger partial charge in [-0.25, -0.2) is 13.9 Å². The molecule has 0 aromatic carbocycles. The van der Waals surface area contributed by atoms with E-state index < -0.39 is 11.6 Å². The summed E-state index contributed by atoms with van der Waals surface area (Å²) in [6, 6.07) is 2.00. The molecule has 6 nitrogen and oxygen atoms in total. The summed E-state index contributed by atoms with van der Waals surface area (Å²) in [5, 5.41) is 13.5. The molecule has 1 aliphatic rings. The van der Waals surface area contributed by atoms with Crippen molar-refractivity contribution in [3.63, 3.8) is 0 Å². The SMILES string of the molecule is C1CCOCC1.CC(c1c(C#N)c(Cl)c2cnc(N)nn12)C(C)(C)F. The second-order valence-corrected chi connectivity index (χ2v) is 6.94. The number of nitrogen functional groups attached to an aromatic ring is 1. The predicted molar refractivity (Wildman–Crippen MR) is 95.4 cm³/mol. The molecule has 2 N–H and O–H groups in total. The fraction of sp³-hybridized carbons (Fsp3) is 0.588. The Balaban J connectivity index is 0.000000316. The van der Waals surface area contributed by atoms with Crippen molar-refractivity contribution < 1.29 is 9.13 Å². The van der Waals surface area contributed by atoms with E-state index in [1.165, 1.54) is 43.8 Å². The third-order valence-corrected chi connectivity index (χ3v) is 4.69. The summed E-state index contributed by atoms with van der Waals surface area (Å²) in [6.07, 6.45) is 5.35. The van der Waals surface area contributed by atoms with Crippen molar-refractivity contribution in [2.45, 2.75) is 51.6 Å². The number of rotatable bonds is 2. The lowest BCUT2D eigenvalue weighted by Gasteiger charge is -2.23. The minimum atomic E-state index is -1.52. The maximum atomic E-state index is 14.2. The molecule has 2 aromatic rings. The number of halogens is 2. The second-order valence-electron chi connectivity index (χ2n) is 6.56. The molecule has 3 rings (SSSR count). The van der Waals surface area contributed by atoms with Crippen LogP contribution in [0.2, 0.25) is 5.02 Å². The Hall–Kier alpha value is -1.91. The summed E-state index contributed by atoms with van der Waals surface area (Å²) in [5.41, 5.74) is 5.07. The molecule has 1 fully saturated rings. The number of nitrogens with zero attached hydrogens (tertiary/aromatic N) is 4.